The van der Waals surface area contributed by atoms with Crippen molar-refractivity contribution in [2.24, 2.45) is 5.73 Å². The molecule has 1 aromatic heterocycles. The molecule has 0 radical (unpaired) electrons. The molecule has 1 aromatic rings. The van der Waals surface area contributed by atoms with Crippen LogP contribution in [0.25, 0.3) is 0 Å². The second-order valence-corrected chi connectivity index (χ2v) is 7.89. The second kappa shape index (κ2) is 8.59. The number of carbonyl (C=O) groups is 3. The Kier molecular flexibility index (Phi) is 7.37. The van der Waals surface area contributed by atoms with Gasteiger partial charge in [0.25, 0.3) is 0 Å². The van der Waals surface area contributed by atoms with Gasteiger partial charge in [0.05, 0.1) is 6.04 Å². The van der Waals surface area contributed by atoms with Gasteiger partial charge in [-0.2, -0.15) is 0 Å². The minimum absolute atomic E-state index is 0.0362. The number of hydrogen-bond acceptors (Lipinski definition) is 6. The third kappa shape index (κ3) is 6.58. The number of amides is 1. The molecule has 1 amide bonds. The van der Waals surface area contributed by atoms with E-state index in [4.69, 9.17) is 15.6 Å². The molecule has 0 spiro atoms. The van der Waals surface area contributed by atoms with Crippen molar-refractivity contribution in [3.8, 4) is 0 Å². The number of nitrogens with two attached hydrogens (primary N) is 1. The van der Waals surface area contributed by atoms with Gasteiger partial charge in [-0.05, 0) is 43.1 Å². The predicted octanol–water partition coefficient (Wildman–Crippen LogP) is 2.27. The van der Waals surface area contributed by atoms with E-state index >= 15 is 0 Å². The van der Waals surface area contributed by atoms with Crippen molar-refractivity contribution in [2.75, 3.05) is 0 Å². The molecule has 1 heterocycles. The second-order valence-electron chi connectivity index (χ2n) is 6.16. The molecule has 1 atom stereocenters. The number of aromatic carboxylic acids is 1. The van der Waals surface area contributed by atoms with Crippen LogP contribution in [0.5, 0.6) is 0 Å². The summed E-state index contributed by atoms with van der Waals surface area (Å²) in [5, 5.41) is 13.7. The Morgan fingerprint density at radius 2 is 2.04 bits per heavy atom. The highest BCUT2D eigenvalue weighted by molar-refractivity contribution is 9.10. The molecule has 0 aliphatic heterocycles. The fourth-order valence-electron chi connectivity index (χ4n) is 1.93. The molecule has 0 aliphatic carbocycles. The summed E-state index contributed by atoms with van der Waals surface area (Å²) in [6, 6.07) is -0.758. The number of nitrogens with one attached hydrogen (secondary N) is 1. The largest absolute Gasteiger partial charge is 0.477 e. The number of carboxylic acid groups (broad SMARTS) is 1. The number of carboxylic acids is 1. The molecular formula is C15H21BrN2O5S. The Morgan fingerprint density at radius 3 is 2.54 bits per heavy atom. The van der Waals surface area contributed by atoms with E-state index < -0.39 is 29.5 Å². The number of halogens is 1. The molecule has 0 bridgehead atoms. The summed E-state index contributed by atoms with van der Waals surface area (Å²) in [6.07, 6.45) is 0.211. The Hall–Kier alpha value is -1.45. The van der Waals surface area contributed by atoms with Crippen LogP contribution in [0.2, 0.25) is 0 Å². The minimum Gasteiger partial charge on any atom is -0.477 e. The number of hydrogen-bond donors (Lipinski definition) is 3. The van der Waals surface area contributed by atoms with E-state index in [0.717, 1.165) is 11.3 Å². The minimum atomic E-state index is -1.04. The van der Waals surface area contributed by atoms with Crippen molar-refractivity contribution >= 4 is 45.1 Å². The number of ether oxygens (including phenoxy) is 1. The van der Waals surface area contributed by atoms with Gasteiger partial charge in [-0.25, -0.2) is 4.79 Å². The van der Waals surface area contributed by atoms with Gasteiger partial charge < -0.3 is 20.9 Å². The maximum Gasteiger partial charge on any atom is 0.346 e. The maximum atomic E-state index is 11.7. The number of esters is 1. The van der Waals surface area contributed by atoms with Crippen LogP contribution < -0.4 is 11.1 Å². The molecular weight excluding hydrogens is 400 g/mol. The zero-order valence-corrected chi connectivity index (χ0v) is 16.1. The molecule has 0 saturated heterocycles. The first-order chi connectivity index (χ1) is 11.0. The number of thiophene rings is 1. The van der Waals surface area contributed by atoms with E-state index in [2.05, 4.69) is 21.2 Å². The summed E-state index contributed by atoms with van der Waals surface area (Å²) >= 11 is 4.38. The number of carbonyl (C=O) groups excluding carboxylic acids is 2. The highest BCUT2D eigenvalue weighted by Gasteiger charge is 2.22. The van der Waals surface area contributed by atoms with E-state index in [1.54, 1.807) is 26.2 Å². The summed E-state index contributed by atoms with van der Waals surface area (Å²) in [7, 11) is 0. The fourth-order valence-corrected chi connectivity index (χ4v) is 3.47. The molecule has 0 saturated carbocycles. The van der Waals surface area contributed by atoms with Gasteiger partial charge in [-0.3, -0.25) is 9.59 Å². The van der Waals surface area contributed by atoms with Gasteiger partial charge in [-0.15, -0.1) is 11.3 Å². The van der Waals surface area contributed by atoms with Crippen LogP contribution in [-0.2, 0) is 20.9 Å². The average Bonchev–Trinajstić information content (AvgIpc) is 2.77. The van der Waals surface area contributed by atoms with Gasteiger partial charge >= 0.3 is 11.9 Å². The van der Waals surface area contributed by atoms with Crippen LogP contribution in [0.4, 0.5) is 0 Å². The number of rotatable bonds is 8. The lowest BCUT2D eigenvalue weighted by Crippen LogP contribution is -2.41. The molecule has 0 aromatic carbocycles. The molecule has 134 valence electrons. The predicted molar refractivity (Wildman–Crippen MR) is 93.9 cm³/mol. The first kappa shape index (κ1) is 20.6. The van der Waals surface area contributed by atoms with Gasteiger partial charge in [0, 0.05) is 28.4 Å². The van der Waals surface area contributed by atoms with Crippen molar-refractivity contribution in [2.45, 2.75) is 51.8 Å². The monoisotopic (exact) mass is 420 g/mol. The van der Waals surface area contributed by atoms with Crippen molar-refractivity contribution in [1.82, 2.24) is 5.32 Å². The van der Waals surface area contributed by atoms with Crippen molar-refractivity contribution in [3.05, 3.63) is 20.3 Å². The molecule has 0 aliphatic rings. The van der Waals surface area contributed by atoms with Crippen LogP contribution in [0.15, 0.2) is 9.85 Å². The topological polar surface area (TPSA) is 119 Å². The highest BCUT2D eigenvalue weighted by atomic mass is 79.9. The smallest absolute Gasteiger partial charge is 0.346 e. The lowest BCUT2D eigenvalue weighted by atomic mass is 10.1. The van der Waals surface area contributed by atoms with E-state index in [-0.39, 0.29) is 24.3 Å². The Labute approximate surface area is 152 Å². The molecule has 0 fully saturated rings. The van der Waals surface area contributed by atoms with E-state index in [9.17, 15) is 14.4 Å². The van der Waals surface area contributed by atoms with Crippen LogP contribution in [-0.4, -0.2) is 34.6 Å². The Morgan fingerprint density at radius 1 is 1.42 bits per heavy atom. The molecule has 7 nitrogen and oxygen atoms in total. The summed E-state index contributed by atoms with van der Waals surface area (Å²) in [5.74, 6) is -2.06. The zero-order valence-electron chi connectivity index (χ0n) is 13.7. The quantitative estimate of drug-likeness (QED) is 0.554. The van der Waals surface area contributed by atoms with Gasteiger partial charge in [0.2, 0.25) is 5.91 Å². The van der Waals surface area contributed by atoms with Crippen LogP contribution in [0, 0.1) is 0 Å². The van der Waals surface area contributed by atoms with Crippen molar-refractivity contribution < 1.29 is 24.2 Å². The summed E-state index contributed by atoms with van der Waals surface area (Å²) < 4.78 is 5.83. The standard InChI is InChI=1S/C15H21BrN2O5S/c1-15(2,3)23-11(19)5-4-10(13(17)20)18-6-8-9(16)7-24-12(8)14(21)22/h7,10,18H,4-6H2,1-3H3,(H2,17,20)(H,21,22). The van der Waals surface area contributed by atoms with Gasteiger partial charge in [-0.1, -0.05) is 0 Å². The van der Waals surface area contributed by atoms with Crippen molar-refractivity contribution in [1.29, 1.82) is 0 Å². The van der Waals surface area contributed by atoms with E-state index in [1.807, 2.05) is 0 Å². The number of primary amides is 1. The van der Waals surface area contributed by atoms with Crippen molar-refractivity contribution in [3.63, 3.8) is 0 Å². The van der Waals surface area contributed by atoms with Crippen LogP contribution in [0.1, 0.15) is 48.8 Å². The normalized spacial score (nSPS) is 12.7. The lowest BCUT2D eigenvalue weighted by molar-refractivity contribution is -0.155. The first-order valence-corrected chi connectivity index (χ1v) is 8.92. The van der Waals surface area contributed by atoms with Gasteiger partial charge in [0.15, 0.2) is 0 Å². The highest BCUT2D eigenvalue weighted by Crippen LogP contribution is 2.27. The average molecular weight is 421 g/mol. The molecule has 24 heavy (non-hydrogen) atoms. The Balaban J connectivity index is 2.65. The zero-order chi connectivity index (χ0) is 18.5. The summed E-state index contributed by atoms with van der Waals surface area (Å²) in [6.45, 7) is 5.43. The maximum absolute atomic E-state index is 11.7. The summed E-state index contributed by atoms with van der Waals surface area (Å²) in [5.41, 5.74) is 5.29. The molecule has 1 rings (SSSR count). The Bertz CT molecular complexity index is 624. The van der Waals surface area contributed by atoms with Crippen LogP contribution >= 0.6 is 27.3 Å². The molecule has 9 heteroatoms. The van der Waals surface area contributed by atoms with Gasteiger partial charge in [0.1, 0.15) is 10.5 Å². The SMILES string of the molecule is CC(C)(C)OC(=O)CCC(NCc1c(Br)csc1C(=O)O)C(N)=O. The van der Waals surface area contributed by atoms with Crippen LogP contribution in [0.3, 0.4) is 0 Å². The molecule has 1 unspecified atom stereocenters. The van der Waals surface area contributed by atoms with E-state index in [0.29, 0.717) is 10.0 Å². The molecule has 4 N–H and O–H groups in total. The fraction of sp³-hybridized carbons (Fsp3) is 0.533. The lowest BCUT2D eigenvalue weighted by Gasteiger charge is -2.20. The summed E-state index contributed by atoms with van der Waals surface area (Å²) in [4.78, 5) is 34.6. The first-order valence-electron chi connectivity index (χ1n) is 7.25. The third-order valence-electron chi connectivity index (χ3n) is 2.96. The third-order valence-corrected chi connectivity index (χ3v) is 4.98. The van der Waals surface area contributed by atoms with E-state index in [1.165, 1.54) is 0 Å².